The molecule has 25 heavy (non-hydrogen) atoms. The highest BCUT2D eigenvalue weighted by Gasteiger charge is 2.27. The highest BCUT2D eigenvalue weighted by Crippen LogP contribution is 2.30. The van der Waals surface area contributed by atoms with E-state index >= 15 is 0 Å². The van der Waals surface area contributed by atoms with Crippen LogP contribution in [0.4, 0.5) is 4.39 Å². The Morgan fingerprint density at radius 3 is 2.96 bits per heavy atom. The number of aryl methyl sites for hydroxylation is 1. The van der Waals surface area contributed by atoms with Crippen LogP contribution in [0.15, 0.2) is 35.1 Å². The van der Waals surface area contributed by atoms with E-state index in [0.29, 0.717) is 41.5 Å². The molecule has 3 heterocycles. The predicted molar refractivity (Wildman–Crippen MR) is 86.4 cm³/mol. The minimum atomic E-state index is -0.336. The van der Waals surface area contributed by atoms with Crippen LogP contribution < -0.4 is 0 Å². The lowest BCUT2D eigenvalue weighted by Gasteiger charge is -2.04. The average molecular weight is 338 g/mol. The molecule has 7 nitrogen and oxygen atoms in total. The van der Waals surface area contributed by atoms with Crippen molar-refractivity contribution in [2.45, 2.75) is 12.3 Å². The highest BCUT2D eigenvalue weighted by atomic mass is 19.1. The first-order chi connectivity index (χ1) is 12.1. The van der Waals surface area contributed by atoms with Crippen molar-refractivity contribution in [1.29, 1.82) is 5.26 Å². The molecule has 3 aromatic rings. The van der Waals surface area contributed by atoms with E-state index in [-0.39, 0.29) is 11.7 Å². The van der Waals surface area contributed by atoms with Gasteiger partial charge in [-0.3, -0.25) is 4.68 Å². The normalized spacial score (nSPS) is 17.0. The van der Waals surface area contributed by atoms with Crippen molar-refractivity contribution in [3.63, 3.8) is 0 Å². The van der Waals surface area contributed by atoms with E-state index in [4.69, 9.17) is 9.78 Å². The molecular weight excluding hydrogens is 323 g/mol. The number of aromatic nitrogens is 4. The SMILES string of the molecule is Cn1cc(-c2cc(-c3nc(C4CCN(C#N)C4)no3)ccc2F)cn1. The van der Waals surface area contributed by atoms with Crippen molar-refractivity contribution in [2.24, 2.45) is 7.05 Å². The fourth-order valence-electron chi connectivity index (χ4n) is 3.02. The molecule has 2 aromatic heterocycles. The van der Waals surface area contributed by atoms with Crippen LogP contribution >= 0.6 is 0 Å². The van der Waals surface area contributed by atoms with Crippen LogP contribution in [-0.2, 0) is 7.05 Å². The van der Waals surface area contributed by atoms with E-state index in [0.717, 1.165) is 6.42 Å². The van der Waals surface area contributed by atoms with Crippen LogP contribution in [0.25, 0.3) is 22.6 Å². The summed E-state index contributed by atoms with van der Waals surface area (Å²) in [6, 6.07) is 4.68. The fourth-order valence-corrected chi connectivity index (χ4v) is 3.02. The van der Waals surface area contributed by atoms with Crippen molar-refractivity contribution in [3.05, 3.63) is 42.2 Å². The Kier molecular flexibility index (Phi) is 3.69. The van der Waals surface area contributed by atoms with E-state index in [2.05, 4.69) is 21.4 Å². The summed E-state index contributed by atoms with van der Waals surface area (Å²) in [6.45, 7) is 1.30. The lowest BCUT2D eigenvalue weighted by atomic mass is 10.1. The zero-order chi connectivity index (χ0) is 17.4. The summed E-state index contributed by atoms with van der Waals surface area (Å²) in [4.78, 5) is 6.12. The number of hydrogen-bond donors (Lipinski definition) is 0. The maximum absolute atomic E-state index is 14.2. The maximum atomic E-state index is 14.2. The molecule has 1 fully saturated rings. The van der Waals surface area contributed by atoms with Crippen molar-refractivity contribution < 1.29 is 8.91 Å². The first-order valence-electron chi connectivity index (χ1n) is 7.91. The second-order valence-electron chi connectivity index (χ2n) is 6.09. The molecule has 0 amide bonds. The lowest BCUT2D eigenvalue weighted by molar-refractivity contribution is 0.413. The van der Waals surface area contributed by atoms with Gasteiger partial charge in [0, 0.05) is 48.9 Å². The van der Waals surface area contributed by atoms with Gasteiger partial charge < -0.3 is 9.42 Å². The summed E-state index contributed by atoms with van der Waals surface area (Å²) in [6.07, 6.45) is 6.30. The summed E-state index contributed by atoms with van der Waals surface area (Å²) in [5, 5.41) is 17.1. The molecule has 1 aliphatic heterocycles. The third-order valence-electron chi connectivity index (χ3n) is 4.37. The zero-order valence-electron chi connectivity index (χ0n) is 13.6. The third-order valence-corrected chi connectivity index (χ3v) is 4.37. The van der Waals surface area contributed by atoms with Gasteiger partial charge in [-0.15, -0.1) is 0 Å². The summed E-state index contributed by atoms with van der Waals surface area (Å²) in [5.74, 6) is 0.669. The van der Waals surface area contributed by atoms with Crippen LogP contribution in [-0.4, -0.2) is 37.9 Å². The topological polar surface area (TPSA) is 83.8 Å². The van der Waals surface area contributed by atoms with E-state index in [1.165, 1.54) is 6.07 Å². The Labute approximate surface area is 143 Å². The number of benzene rings is 1. The van der Waals surface area contributed by atoms with Gasteiger partial charge in [-0.2, -0.15) is 15.3 Å². The molecule has 1 atom stereocenters. The van der Waals surface area contributed by atoms with E-state index in [1.54, 1.807) is 41.2 Å². The summed E-state index contributed by atoms with van der Waals surface area (Å²) >= 11 is 0. The first kappa shape index (κ1) is 15.3. The summed E-state index contributed by atoms with van der Waals surface area (Å²) < 4.78 is 21.2. The molecule has 0 bridgehead atoms. The number of nitrogens with zero attached hydrogens (tertiary/aromatic N) is 6. The van der Waals surface area contributed by atoms with Crippen LogP contribution in [0.5, 0.6) is 0 Å². The zero-order valence-corrected chi connectivity index (χ0v) is 13.6. The second kappa shape index (κ2) is 6.02. The van der Waals surface area contributed by atoms with E-state index < -0.39 is 0 Å². The van der Waals surface area contributed by atoms with Gasteiger partial charge in [0.2, 0.25) is 0 Å². The summed E-state index contributed by atoms with van der Waals surface area (Å²) in [5.41, 5.74) is 1.76. The van der Waals surface area contributed by atoms with Crippen molar-refractivity contribution in [1.82, 2.24) is 24.8 Å². The smallest absolute Gasteiger partial charge is 0.257 e. The average Bonchev–Trinajstić information content (AvgIpc) is 3.35. The second-order valence-corrected chi connectivity index (χ2v) is 6.09. The van der Waals surface area contributed by atoms with Crippen LogP contribution in [0.2, 0.25) is 0 Å². The standard InChI is InChI=1S/C17H15FN6O/c1-23-8-13(7-20-23)14-6-11(2-3-15(14)18)17-21-16(22-25-17)12-4-5-24(9-12)10-19/h2-3,6-8,12H,4-5,9H2,1H3. The minimum Gasteiger partial charge on any atom is -0.334 e. The van der Waals surface area contributed by atoms with Gasteiger partial charge in [0.25, 0.3) is 5.89 Å². The number of halogens is 1. The van der Waals surface area contributed by atoms with Gasteiger partial charge in [-0.1, -0.05) is 5.16 Å². The van der Waals surface area contributed by atoms with Crippen molar-refractivity contribution >= 4 is 0 Å². The molecule has 1 saturated heterocycles. The molecule has 8 heteroatoms. The van der Waals surface area contributed by atoms with Crippen molar-refractivity contribution in [3.8, 4) is 28.8 Å². The van der Waals surface area contributed by atoms with E-state index in [1.807, 2.05) is 0 Å². The molecule has 4 rings (SSSR count). The highest BCUT2D eigenvalue weighted by molar-refractivity contribution is 5.69. The molecule has 0 saturated carbocycles. The van der Waals surface area contributed by atoms with Gasteiger partial charge in [0.05, 0.1) is 6.20 Å². The minimum absolute atomic E-state index is 0.0791. The number of nitriles is 1. The Morgan fingerprint density at radius 1 is 1.36 bits per heavy atom. The lowest BCUT2D eigenvalue weighted by Crippen LogP contribution is -2.13. The molecule has 126 valence electrons. The molecule has 0 spiro atoms. The Balaban J connectivity index is 1.64. The van der Waals surface area contributed by atoms with Gasteiger partial charge in [0.1, 0.15) is 5.82 Å². The Bertz CT molecular complexity index is 956. The molecule has 1 unspecified atom stereocenters. The summed E-state index contributed by atoms with van der Waals surface area (Å²) in [7, 11) is 1.78. The van der Waals surface area contributed by atoms with Gasteiger partial charge in [-0.25, -0.2) is 4.39 Å². The molecular formula is C17H15FN6O. The number of rotatable bonds is 3. The van der Waals surface area contributed by atoms with Gasteiger partial charge in [-0.05, 0) is 24.6 Å². The van der Waals surface area contributed by atoms with Crippen LogP contribution in [0.1, 0.15) is 18.2 Å². The largest absolute Gasteiger partial charge is 0.334 e. The molecule has 0 radical (unpaired) electrons. The van der Waals surface area contributed by atoms with Gasteiger partial charge >= 0.3 is 0 Å². The maximum Gasteiger partial charge on any atom is 0.257 e. The van der Waals surface area contributed by atoms with Crippen molar-refractivity contribution in [2.75, 3.05) is 13.1 Å². The third kappa shape index (κ3) is 2.85. The van der Waals surface area contributed by atoms with Crippen LogP contribution in [0.3, 0.4) is 0 Å². The Morgan fingerprint density at radius 2 is 2.24 bits per heavy atom. The van der Waals surface area contributed by atoms with E-state index in [9.17, 15) is 4.39 Å². The van der Waals surface area contributed by atoms with Crippen LogP contribution in [0, 0.1) is 17.3 Å². The predicted octanol–water partition coefficient (Wildman–Crippen LogP) is 2.55. The first-order valence-corrected chi connectivity index (χ1v) is 7.91. The molecule has 0 N–H and O–H groups in total. The number of likely N-dealkylation sites (tertiary alicyclic amines) is 1. The number of hydrogen-bond acceptors (Lipinski definition) is 6. The van der Waals surface area contributed by atoms with Gasteiger partial charge in [0.15, 0.2) is 12.0 Å². The Hall–Kier alpha value is -3.21. The molecule has 1 aliphatic rings. The molecule has 0 aliphatic carbocycles. The quantitative estimate of drug-likeness (QED) is 0.683. The molecule has 1 aromatic carbocycles. The monoisotopic (exact) mass is 338 g/mol. The fraction of sp³-hybridized carbons (Fsp3) is 0.294.